The van der Waals surface area contributed by atoms with Gasteiger partial charge in [-0.15, -0.1) is 11.3 Å². The van der Waals surface area contributed by atoms with E-state index in [-0.39, 0.29) is 5.78 Å². The van der Waals surface area contributed by atoms with Gasteiger partial charge in [0.25, 0.3) is 0 Å². The first-order valence-electron chi connectivity index (χ1n) is 4.74. The maximum absolute atomic E-state index is 12.3. The van der Waals surface area contributed by atoms with Crippen LogP contribution >= 0.6 is 54.8 Å². The maximum Gasteiger partial charge on any atom is 0.204 e. The number of hydrogen-bond donors (Lipinski definition) is 0. The van der Waals surface area contributed by atoms with Crippen molar-refractivity contribution in [1.82, 2.24) is 0 Å². The summed E-state index contributed by atoms with van der Waals surface area (Å²) in [6.07, 6.45) is 0. The lowest BCUT2D eigenvalue weighted by atomic mass is 10.1. The Labute approximate surface area is 125 Å². The van der Waals surface area contributed by atoms with Gasteiger partial charge in [0.15, 0.2) is 0 Å². The number of carbonyl (C=O) groups excluding carboxylic acids is 1. The summed E-state index contributed by atoms with van der Waals surface area (Å²) >= 11 is 14.2. The summed E-state index contributed by atoms with van der Waals surface area (Å²) in [5, 5.41) is 0.473. The van der Waals surface area contributed by atoms with Crippen LogP contribution < -0.4 is 0 Å². The van der Waals surface area contributed by atoms with Crippen molar-refractivity contribution in [2.75, 3.05) is 0 Å². The van der Waals surface area contributed by atoms with Crippen LogP contribution in [0.1, 0.15) is 20.8 Å². The van der Waals surface area contributed by atoms with Gasteiger partial charge in [-0.05, 0) is 52.7 Å². The molecule has 88 valence electrons. The molecule has 0 unspecified atom stereocenters. The first-order chi connectivity index (χ1) is 7.99. The Bertz CT molecular complexity index is 573. The highest BCUT2D eigenvalue weighted by atomic mass is 79.9. The van der Waals surface area contributed by atoms with Gasteiger partial charge in [0.1, 0.15) is 0 Å². The molecule has 5 heteroatoms. The van der Waals surface area contributed by atoms with Crippen molar-refractivity contribution in [2.45, 2.75) is 6.92 Å². The number of hydrogen-bond acceptors (Lipinski definition) is 2. The van der Waals surface area contributed by atoms with E-state index in [4.69, 9.17) is 11.6 Å². The fourth-order valence-electron chi connectivity index (χ4n) is 1.38. The number of thiophene rings is 1. The van der Waals surface area contributed by atoms with Gasteiger partial charge in [-0.25, -0.2) is 0 Å². The molecule has 0 aliphatic rings. The monoisotopic (exact) mass is 392 g/mol. The van der Waals surface area contributed by atoms with Gasteiger partial charge >= 0.3 is 0 Å². The van der Waals surface area contributed by atoms with Crippen LogP contribution in [0.4, 0.5) is 0 Å². The summed E-state index contributed by atoms with van der Waals surface area (Å²) in [5.41, 5.74) is 1.58. The van der Waals surface area contributed by atoms with Crippen molar-refractivity contribution >= 4 is 60.6 Å². The highest BCUT2D eigenvalue weighted by Crippen LogP contribution is 2.31. The summed E-state index contributed by atoms with van der Waals surface area (Å²) in [6, 6.07) is 7.14. The van der Waals surface area contributed by atoms with Crippen molar-refractivity contribution in [1.29, 1.82) is 0 Å². The van der Waals surface area contributed by atoms with Crippen LogP contribution in [-0.2, 0) is 0 Å². The fraction of sp³-hybridized carbons (Fsp3) is 0.0833. The minimum atomic E-state index is -0.0462. The van der Waals surface area contributed by atoms with Gasteiger partial charge in [-0.1, -0.05) is 27.5 Å². The summed E-state index contributed by atoms with van der Waals surface area (Å²) < 4.78 is 1.82. The average molecular weight is 395 g/mol. The number of halogens is 3. The lowest BCUT2D eigenvalue weighted by Gasteiger charge is -2.02. The smallest absolute Gasteiger partial charge is 0.204 e. The second-order valence-electron chi connectivity index (χ2n) is 3.52. The molecule has 0 N–H and O–H groups in total. The van der Waals surface area contributed by atoms with E-state index in [2.05, 4.69) is 31.9 Å². The van der Waals surface area contributed by atoms with Crippen LogP contribution in [0.5, 0.6) is 0 Å². The van der Waals surface area contributed by atoms with Crippen molar-refractivity contribution in [2.24, 2.45) is 0 Å². The zero-order chi connectivity index (χ0) is 12.6. The fourth-order valence-corrected chi connectivity index (χ4v) is 3.43. The predicted octanol–water partition coefficient (Wildman–Crippen LogP) is 5.47. The summed E-state index contributed by atoms with van der Waals surface area (Å²) in [4.78, 5) is 13.0. The van der Waals surface area contributed by atoms with Gasteiger partial charge in [0.05, 0.1) is 13.7 Å². The average Bonchev–Trinajstić information content (AvgIpc) is 2.62. The van der Waals surface area contributed by atoms with E-state index in [1.807, 2.05) is 19.1 Å². The quantitative estimate of drug-likeness (QED) is 0.618. The molecule has 0 aliphatic carbocycles. The zero-order valence-electron chi connectivity index (χ0n) is 8.76. The largest absolute Gasteiger partial charge is 0.288 e. The van der Waals surface area contributed by atoms with E-state index < -0.39 is 0 Å². The molecular weight excluding hydrogens is 387 g/mol. The van der Waals surface area contributed by atoms with E-state index in [0.717, 1.165) is 13.8 Å². The molecule has 0 spiro atoms. The summed E-state index contributed by atoms with van der Waals surface area (Å²) in [7, 11) is 0. The molecule has 2 aromatic rings. The normalized spacial score (nSPS) is 10.6. The summed E-state index contributed by atoms with van der Waals surface area (Å²) in [6.45, 7) is 1.96. The van der Waals surface area contributed by atoms with Crippen LogP contribution in [0.15, 0.2) is 32.5 Å². The molecule has 1 heterocycles. The van der Waals surface area contributed by atoms with Crippen LogP contribution in [0.25, 0.3) is 0 Å². The lowest BCUT2D eigenvalue weighted by Crippen LogP contribution is -1.99. The first kappa shape index (κ1) is 13.3. The van der Waals surface area contributed by atoms with Crippen LogP contribution in [0.2, 0.25) is 5.02 Å². The molecule has 1 nitrogen and oxygen atoms in total. The highest BCUT2D eigenvalue weighted by molar-refractivity contribution is 9.11. The third-order valence-electron chi connectivity index (χ3n) is 2.25. The summed E-state index contributed by atoms with van der Waals surface area (Å²) in [5.74, 6) is -0.0462. The molecule has 0 saturated carbocycles. The van der Waals surface area contributed by atoms with E-state index in [1.54, 1.807) is 12.1 Å². The van der Waals surface area contributed by atoms with Gasteiger partial charge in [0.2, 0.25) is 5.78 Å². The van der Waals surface area contributed by atoms with Crippen molar-refractivity contribution in [3.05, 3.63) is 53.6 Å². The molecule has 0 radical (unpaired) electrons. The topological polar surface area (TPSA) is 17.1 Å². The van der Waals surface area contributed by atoms with Crippen LogP contribution in [-0.4, -0.2) is 5.78 Å². The Morgan fingerprint density at radius 3 is 2.59 bits per heavy atom. The lowest BCUT2D eigenvalue weighted by molar-refractivity contribution is 0.104. The number of rotatable bonds is 2. The molecular formula is C12H7Br2ClOS. The highest BCUT2D eigenvalue weighted by Gasteiger charge is 2.16. The van der Waals surface area contributed by atoms with Gasteiger partial charge in [-0.2, -0.15) is 0 Å². The molecule has 0 fully saturated rings. The Morgan fingerprint density at radius 1 is 1.29 bits per heavy atom. The minimum absolute atomic E-state index is 0.0462. The molecule has 0 amide bonds. The van der Waals surface area contributed by atoms with Crippen molar-refractivity contribution in [3.8, 4) is 0 Å². The predicted molar refractivity (Wildman–Crippen MR) is 79.3 cm³/mol. The first-order valence-corrected chi connectivity index (χ1v) is 7.53. The number of aryl methyl sites for hydroxylation is 1. The van der Waals surface area contributed by atoms with Crippen molar-refractivity contribution < 1.29 is 4.79 Å². The van der Waals surface area contributed by atoms with E-state index >= 15 is 0 Å². The Kier molecular flexibility index (Phi) is 4.08. The van der Waals surface area contributed by atoms with Crippen LogP contribution in [0.3, 0.4) is 0 Å². The van der Waals surface area contributed by atoms with E-state index in [9.17, 15) is 4.79 Å². The molecule has 1 aromatic heterocycles. The van der Waals surface area contributed by atoms with Crippen molar-refractivity contribution in [3.63, 3.8) is 0 Å². The van der Waals surface area contributed by atoms with Gasteiger partial charge < -0.3 is 0 Å². The zero-order valence-corrected chi connectivity index (χ0v) is 13.5. The third kappa shape index (κ3) is 2.81. The molecule has 0 bridgehead atoms. The molecule has 2 rings (SSSR count). The molecule has 0 saturated heterocycles. The standard InChI is InChI=1S/C12H7Br2ClOS/c1-6-4-10(17-12(6)14)11(16)8-5-7(13)2-3-9(8)15/h2-5H,1H3. The third-order valence-corrected chi connectivity index (χ3v) is 5.21. The number of carbonyl (C=O) groups is 1. The molecule has 0 atom stereocenters. The van der Waals surface area contributed by atoms with Crippen LogP contribution in [0, 0.1) is 6.92 Å². The Balaban J connectivity index is 2.47. The second-order valence-corrected chi connectivity index (χ2v) is 7.21. The van der Waals surface area contributed by atoms with Gasteiger partial charge in [0, 0.05) is 10.0 Å². The molecule has 17 heavy (non-hydrogen) atoms. The number of benzene rings is 1. The SMILES string of the molecule is Cc1cc(C(=O)c2cc(Br)ccc2Cl)sc1Br. The molecule has 1 aromatic carbocycles. The Hall–Kier alpha value is -0.160. The Morgan fingerprint density at radius 2 is 2.00 bits per heavy atom. The number of ketones is 1. The van der Waals surface area contributed by atoms with E-state index in [1.165, 1.54) is 11.3 Å². The minimum Gasteiger partial charge on any atom is -0.288 e. The van der Waals surface area contributed by atoms with E-state index in [0.29, 0.717) is 15.5 Å². The molecule has 0 aliphatic heterocycles. The maximum atomic E-state index is 12.3. The van der Waals surface area contributed by atoms with Gasteiger partial charge in [-0.3, -0.25) is 4.79 Å². The second kappa shape index (κ2) is 5.22.